The van der Waals surface area contributed by atoms with Gasteiger partial charge < -0.3 is 10.0 Å². The first kappa shape index (κ1) is 11.7. The topological polar surface area (TPSA) is 40.5 Å². The summed E-state index contributed by atoms with van der Waals surface area (Å²) in [4.78, 5) is 14.0. The fourth-order valence-corrected chi connectivity index (χ4v) is 1.95. The summed E-state index contributed by atoms with van der Waals surface area (Å²) in [6, 6.07) is 5.11. The Morgan fingerprint density at radius 1 is 1.35 bits per heavy atom. The molecule has 1 aromatic carbocycles. The van der Waals surface area contributed by atoms with Gasteiger partial charge in [0, 0.05) is 13.1 Å². The predicted octanol–water partition coefficient (Wildman–Crippen LogP) is 2.49. The minimum atomic E-state index is -0.0880. The zero-order valence-electron chi connectivity index (χ0n) is 10.2. The number of hydrogen-bond donors (Lipinski definition) is 1. The Labute approximate surface area is 101 Å². The lowest BCUT2D eigenvalue weighted by atomic mass is 10.1. The average Bonchev–Trinajstić information content (AvgIpc) is 2.32. The number of hydrogen-bond acceptors (Lipinski definition) is 2. The molecule has 0 aromatic heterocycles. The maximum atomic E-state index is 12.2. The molecule has 0 saturated carbocycles. The molecule has 0 fully saturated rings. The first-order chi connectivity index (χ1) is 8.08. The molecule has 3 nitrogen and oxygen atoms in total. The average molecular weight is 231 g/mol. The minimum absolute atomic E-state index is 0.0619. The van der Waals surface area contributed by atoms with E-state index in [0.29, 0.717) is 12.1 Å². The third-order valence-electron chi connectivity index (χ3n) is 3.11. The van der Waals surface area contributed by atoms with Gasteiger partial charge in [0.2, 0.25) is 0 Å². The number of amides is 1. The number of phenols is 1. The zero-order valence-corrected chi connectivity index (χ0v) is 10.2. The highest BCUT2D eigenvalue weighted by atomic mass is 16.3. The van der Waals surface area contributed by atoms with Crippen molar-refractivity contribution in [3.63, 3.8) is 0 Å². The van der Waals surface area contributed by atoms with Crippen LogP contribution in [0.25, 0.3) is 0 Å². The van der Waals surface area contributed by atoms with Crippen molar-refractivity contribution in [3.8, 4) is 5.75 Å². The Hall–Kier alpha value is -1.77. The molecule has 1 aliphatic heterocycles. The smallest absolute Gasteiger partial charge is 0.257 e. The van der Waals surface area contributed by atoms with Gasteiger partial charge in [-0.25, -0.2) is 0 Å². The molecule has 1 aliphatic rings. The third kappa shape index (κ3) is 2.49. The number of nitrogens with zero attached hydrogens (tertiary/aromatic N) is 1. The number of carbonyl (C=O) groups is 1. The highest BCUT2D eigenvalue weighted by Gasteiger charge is 2.20. The van der Waals surface area contributed by atoms with E-state index >= 15 is 0 Å². The van der Waals surface area contributed by atoms with Crippen LogP contribution in [0.4, 0.5) is 0 Å². The van der Waals surface area contributed by atoms with Crippen LogP contribution in [0.1, 0.15) is 29.3 Å². The standard InChI is InChI=1S/C14H17NO2/c1-10-5-7-15(8-6-10)14(17)12-9-11(2)3-4-13(12)16/h3-5,9,16H,6-8H2,1-2H3. The van der Waals surface area contributed by atoms with Crippen molar-refractivity contribution in [2.24, 2.45) is 0 Å². The van der Waals surface area contributed by atoms with E-state index in [-0.39, 0.29) is 11.7 Å². The Kier molecular flexibility index (Phi) is 3.18. The summed E-state index contributed by atoms with van der Waals surface area (Å²) in [5.41, 5.74) is 2.70. The van der Waals surface area contributed by atoms with Gasteiger partial charge in [0.05, 0.1) is 5.56 Å². The predicted molar refractivity (Wildman–Crippen MR) is 67.1 cm³/mol. The maximum absolute atomic E-state index is 12.2. The van der Waals surface area contributed by atoms with Crippen molar-refractivity contribution < 1.29 is 9.90 Å². The molecule has 17 heavy (non-hydrogen) atoms. The largest absolute Gasteiger partial charge is 0.507 e. The van der Waals surface area contributed by atoms with Gasteiger partial charge in [-0.3, -0.25) is 4.79 Å². The molecule has 1 aromatic rings. The van der Waals surface area contributed by atoms with Gasteiger partial charge in [-0.05, 0) is 32.4 Å². The van der Waals surface area contributed by atoms with Crippen molar-refractivity contribution in [3.05, 3.63) is 41.0 Å². The molecular weight excluding hydrogens is 214 g/mol. The molecule has 0 atom stereocenters. The quantitative estimate of drug-likeness (QED) is 0.754. The van der Waals surface area contributed by atoms with Gasteiger partial charge in [-0.1, -0.05) is 23.3 Å². The second kappa shape index (κ2) is 4.62. The highest BCUT2D eigenvalue weighted by molar-refractivity contribution is 5.97. The van der Waals surface area contributed by atoms with Crippen LogP contribution >= 0.6 is 0 Å². The van der Waals surface area contributed by atoms with Gasteiger partial charge >= 0.3 is 0 Å². The fourth-order valence-electron chi connectivity index (χ4n) is 1.95. The van der Waals surface area contributed by atoms with E-state index in [1.54, 1.807) is 23.1 Å². The monoisotopic (exact) mass is 231 g/mol. The molecule has 0 aliphatic carbocycles. The Balaban J connectivity index is 2.23. The number of benzene rings is 1. The van der Waals surface area contributed by atoms with Crippen LogP contribution < -0.4 is 0 Å². The fraction of sp³-hybridized carbons (Fsp3) is 0.357. The number of aromatic hydroxyl groups is 1. The number of aryl methyl sites for hydroxylation is 1. The number of carbonyl (C=O) groups excluding carboxylic acids is 1. The summed E-state index contributed by atoms with van der Waals surface area (Å²) in [5.74, 6) is -0.0261. The number of rotatable bonds is 1. The zero-order chi connectivity index (χ0) is 12.4. The third-order valence-corrected chi connectivity index (χ3v) is 3.11. The first-order valence-corrected chi connectivity index (χ1v) is 5.82. The van der Waals surface area contributed by atoms with Crippen LogP contribution in [0.3, 0.4) is 0 Å². The molecule has 0 bridgehead atoms. The maximum Gasteiger partial charge on any atom is 0.257 e. The summed E-state index contributed by atoms with van der Waals surface area (Å²) in [7, 11) is 0. The summed E-state index contributed by atoms with van der Waals surface area (Å²) >= 11 is 0. The molecule has 90 valence electrons. The number of phenolic OH excluding ortho intramolecular Hbond substituents is 1. The van der Waals surface area contributed by atoms with E-state index in [9.17, 15) is 9.90 Å². The van der Waals surface area contributed by atoms with Crippen molar-refractivity contribution in [1.82, 2.24) is 4.90 Å². The lowest BCUT2D eigenvalue weighted by molar-refractivity contribution is 0.0766. The van der Waals surface area contributed by atoms with Crippen molar-refractivity contribution in [2.45, 2.75) is 20.3 Å². The minimum Gasteiger partial charge on any atom is -0.507 e. The normalized spacial score (nSPS) is 15.6. The van der Waals surface area contributed by atoms with Gasteiger partial charge in [0.15, 0.2) is 0 Å². The summed E-state index contributed by atoms with van der Waals surface area (Å²) in [6.07, 6.45) is 2.98. The van der Waals surface area contributed by atoms with Crippen molar-refractivity contribution >= 4 is 5.91 Å². The highest BCUT2D eigenvalue weighted by Crippen LogP contribution is 2.21. The van der Waals surface area contributed by atoms with Crippen molar-refractivity contribution in [2.75, 3.05) is 13.1 Å². The summed E-state index contributed by atoms with van der Waals surface area (Å²) in [5, 5.41) is 9.73. The molecule has 0 radical (unpaired) electrons. The molecular formula is C14H17NO2. The van der Waals surface area contributed by atoms with Gasteiger partial charge in [-0.2, -0.15) is 0 Å². The second-order valence-corrected chi connectivity index (χ2v) is 4.57. The van der Waals surface area contributed by atoms with Crippen LogP contribution in [0.5, 0.6) is 5.75 Å². The lowest BCUT2D eigenvalue weighted by Gasteiger charge is -2.25. The van der Waals surface area contributed by atoms with Crippen LogP contribution in [0.2, 0.25) is 0 Å². The summed E-state index contributed by atoms with van der Waals surface area (Å²) in [6.45, 7) is 5.36. The lowest BCUT2D eigenvalue weighted by Crippen LogP contribution is -2.34. The van der Waals surface area contributed by atoms with Crippen molar-refractivity contribution in [1.29, 1.82) is 0 Å². The molecule has 1 N–H and O–H groups in total. The Morgan fingerprint density at radius 3 is 2.76 bits per heavy atom. The van der Waals surface area contributed by atoms with E-state index in [0.717, 1.165) is 18.5 Å². The Bertz CT molecular complexity index is 477. The van der Waals surface area contributed by atoms with E-state index in [2.05, 4.69) is 13.0 Å². The van der Waals surface area contributed by atoms with Crippen LogP contribution in [0, 0.1) is 6.92 Å². The van der Waals surface area contributed by atoms with Gasteiger partial charge in [-0.15, -0.1) is 0 Å². The van der Waals surface area contributed by atoms with Crippen LogP contribution in [-0.4, -0.2) is 29.0 Å². The van der Waals surface area contributed by atoms with E-state index in [1.807, 2.05) is 6.92 Å². The SMILES string of the molecule is CC1=CCN(C(=O)c2cc(C)ccc2O)CC1. The van der Waals surface area contributed by atoms with E-state index in [4.69, 9.17) is 0 Å². The molecule has 1 heterocycles. The molecule has 2 rings (SSSR count). The second-order valence-electron chi connectivity index (χ2n) is 4.57. The molecule has 0 saturated heterocycles. The molecule has 1 amide bonds. The molecule has 3 heteroatoms. The molecule has 0 unspecified atom stereocenters. The first-order valence-electron chi connectivity index (χ1n) is 5.82. The van der Waals surface area contributed by atoms with E-state index in [1.165, 1.54) is 5.57 Å². The van der Waals surface area contributed by atoms with Crippen LogP contribution in [0.15, 0.2) is 29.8 Å². The van der Waals surface area contributed by atoms with Gasteiger partial charge in [0.25, 0.3) is 5.91 Å². The Morgan fingerprint density at radius 2 is 2.12 bits per heavy atom. The summed E-state index contributed by atoms with van der Waals surface area (Å²) < 4.78 is 0. The molecule has 0 spiro atoms. The van der Waals surface area contributed by atoms with Gasteiger partial charge in [0.1, 0.15) is 5.75 Å². The van der Waals surface area contributed by atoms with E-state index < -0.39 is 0 Å². The van der Waals surface area contributed by atoms with Crippen LogP contribution in [-0.2, 0) is 0 Å².